The van der Waals surface area contributed by atoms with Crippen LogP contribution in [0.5, 0.6) is 0 Å². The summed E-state index contributed by atoms with van der Waals surface area (Å²) in [5.41, 5.74) is 2.26. The minimum atomic E-state index is -0.462. The molecule has 0 saturated carbocycles. The second-order valence-electron chi connectivity index (χ2n) is 4.68. The highest BCUT2D eigenvalue weighted by molar-refractivity contribution is 5.96. The summed E-state index contributed by atoms with van der Waals surface area (Å²) in [6.45, 7) is 3.60. The fraction of sp³-hybridized carbons (Fsp3) is 0.188. The molecule has 0 aliphatic carbocycles. The van der Waals surface area contributed by atoms with Crippen LogP contribution in [0.4, 0.5) is 15.8 Å². The summed E-state index contributed by atoms with van der Waals surface area (Å²) >= 11 is 0. The number of para-hydroxylation sites is 1. The summed E-state index contributed by atoms with van der Waals surface area (Å²) < 4.78 is 13.2. The number of amides is 1. The number of halogens is 1. The summed E-state index contributed by atoms with van der Waals surface area (Å²) in [5.74, 6) is -0.492. The predicted molar refractivity (Wildman–Crippen MR) is 79.3 cm³/mol. The van der Waals surface area contributed by atoms with Crippen LogP contribution in [0.3, 0.4) is 0 Å². The van der Waals surface area contributed by atoms with E-state index in [4.69, 9.17) is 0 Å². The Morgan fingerprint density at radius 1 is 1.15 bits per heavy atom. The zero-order chi connectivity index (χ0) is 14.5. The zero-order valence-corrected chi connectivity index (χ0v) is 11.5. The molecule has 3 nitrogen and oxygen atoms in total. The van der Waals surface area contributed by atoms with Gasteiger partial charge in [-0.15, -0.1) is 0 Å². The van der Waals surface area contributed by atoms with Gasteiger partial charge in [-0.25, -0.2) is 4.39 Å². The highest BCUT2D eigenvalue weighted by atomic mass is 19.1. The van der Waals surface area contributed by atoms with E-state index in [0.29, 0.717) is 5.69 Å². The number of carbonyl (C=O) groups excluding carboxylic acids is 1. The summed E-state index contributed by atoms with van der Waals surface area (Å²) in [7, 11) is 0. The first-order valence-electron chi connectivity index (χ1n) is 6.45. The standard InChI is InChI=1S/C16H17FN2O/c1-11-8-9-13(17)10-15(11)18-12(2)16(20)19-14-6-4-3-5-7-14/h3-10,12,18H,1-2H3,(H,19,20). The quantitative estimate of drug-likeness (QED) is 0.893. The van der Waals surface area contributed by atoms with Crippen LogP contribution in [-0.2, 0) is 4.79 Å². The van der Waals surface area contributed by atoms with Gasteiger partial charge in [0, 0.05) is 11.4 Å². The van der Waals surface area contributed by atoms with Crippen LogP contribution in [-0.4, -0.2) is 11.9 Å². The van der Waals surface area contributed by atoms with Crippen LogP contribution in [0.1, 0.15) is 12.5 Å². The van der Waals surface area contributed by atoms with E-state index in [0.717, 1.165) is 11.3 Å². The first kappa shape index (κ1) is 14.1. The molecule has 0 spiro atoms. The maximum Gasteiger partial charge on any atom is 0.246 e. The second kappa shape index (κ2) is 6.19. The first-order valence-corrected chi connectivity index (χ1v) is 6.45. The molecule has 0 bridgehead atoms. The predicted octanol–water partition coefficient (Wildman–Crippen LogP) is 3.57. The summed E-state index contributed by atoms with van der Waals surface area (Å²) in [6.07, 6.45) is 0. The molecule has 0 heterocycles. The molecule has 4 heteroatoms. The van der Waals surface area contributed by atoms with Gasteiger partial charge in [-0.2, -0.15) is 0 Å². The van der Waals surface area contributed by atoms with Gasteiger partial charge in [0.05, 0.1) is 0 Å². The summed E-state index contributed by atoms with van der Waals surface area (Å²) in [4.78, 5) is 12.0. The SMILES string of the molecule is Cc1ccc(F)cc1NC(C)C(=O)Nc1ccccc1. The first-order chi connectivity index (χ1) is 9.56. The normalized spacial score (nSPS) is 11.8. The molecule has 0 saturated heterocycles. The van der Waals surface area contributed by atoms with Crippen molar-refractivity contribution in [2.75, 3.05) is 10.6 Å². The van der Waals surface area contributed by atoms with Gasteiger partial charge in [0.2, 0.25) is 5.91 Å². The maximum atomic E-state index is 13.2. The third-order valence-electron chi connectivity index (χ3n) is 3.01. The summed E-state index contributed by atoms with van der Waals surface area (Å²) in [5, 5.41) is 5.82. The largest absolute Gasteiger partial charge is 0.374 e. The Morgan fingerprint density at radius 2 is 1.85 bits per heavy atom. The molecule has 0 aliphatic rings. The number of nitrogens with one attached hydrogen (secondary N) is 2. The molecule has 1 atom stereocenters. The Kier molecular flexibility index (Phi) is 4.35. The number of benzene rings is 2. The number of carbonyl (C=O) groups is 1. The number of anilines is 2. The van der Waals surface area contributed by atoms with Crippen molar-refractivity contribution in [2.24, 2.45) is 0 Å². The lowest BCUT2D eigenvalue weighted by molar-refractivity contribution is -0.116. The van der Waals surface area contributed by atoms with E-state index in [9.17, 15) is 9.18 Å². The van der Waals surface area contributed by atoms with Crippen LogP contribution in [0.15, 0.2) is 48.5 Å². The fourth-order valence-electron chi connectivity index (χ4n) is 1.82. The van der Waals surface area contributed by atoms with Crippen LogP contribution >= 0.6 is 0 Å². The van der Waals surface area contributed by atoms with Gasteiger partial charge < -0.3 is 10.6 Å². The fourth-order valence-corrected chi connectivity index (χ4v) is 1.82. The van der Waals surface area contributed by atoms with Crippen molar-refractivity contribution in [3.8, 4) is 0 Å². The van der Waals surface area contributed by atoms with E-state index in [1.807, 2.05) is 37.3 Å². The Balaban J connectivity index is 2.02. The monoisotopic (exact) mass is 272 g/mol. The highest BCUT2D eigenvalue weighted by Gasteiger charge is 2.13. The van der Waals surface area contributed by atoms with E-state index in [-0.39, 0.29) is 11.7 Å². The van der Waals surface area contributed by atoms with Crippen molar-refractivity contribution in [2.45, 2.75) is 19.9 Å². The van der Waals surface area contributed by atoms with Gasteiger partial charge in [0.25, 0.3) is 0 Å². The van der Waals surface area contributed by atoms with Crippen molar-refractivity contribution in [3.05, 3.63) is 59.9 Å². The van der Waals surface area contributed by atoms with Crippen molar-refractivity contribution in [1.82, 2.24) is 0 Å². The van der Waals surface area contributed by atoms with E-state index in [1.165, 1.54) is 12.1 Å². The molecular weight excluding hydrogens is 255 g/mol. The molecular formula is C16H17FN2O. The zero-order valence-electron chi connectivity index (χ0n) is 11.5. The average Bonchev–Trinajstić information content (AvgIpc) is 2.44. The van der Waals surface area contributed by atoms with Crippen LogP contribution in [0.2, 0.25) is 0 Å². The van der Waals surface area contributed by atoms with Crippen molar-refractivity contribution >= 4 is 17.3 Å². The minimum Gasteiger partial charge on any atom is -0.374 e. The van der Waals surface area contributed by atoms with Gasteiger partial charge in [0.1, 0.15) is 11.9 Å². The average molecular weight is 272 g/mol. The maximum absolute atomic E-state index is 13.2. The third kappa shape index (κ3) is 3.57. The smallest absolute Gasteiger partial charge is 0.246 e. The summed E-state index contributed by atoms with van der Waals surface area (Å²) in [6, 6.07) is 13.2. The minimum absolute atomic E-state index is 0.167. The van der Waals surface area contributed by atoms with Crippen LogP contribution in [0.25, 0.3) is 0 Å². The Morgan fingerprint density at radius 3 is 2.55 bits per heavy atom. The van der Waals surface area contributed by atoms with Crippen molar-refractivity contribution in [3.63, 3.8) is 0 Å². The van der Waals surface area contributed by atoms with Gasteiger partial charge in [-0.1, -0.05) is 24.3 Å². The molecule has 0 aromatic heterocycles. The van der Waals surface area contributed by atoms with Crippen molar-refractivity contribution in [1.29, 1.82) is 0 Å². The molecule has 104 valence electrons. The number of rotatable bonds is 4. The van der Waals surface area contributed by atoms with Crippen LogP contribution < -0.4 is 10.6 Å². The van der Waals surface area contributed by atoms with Gasteiger partial charge in [-0.05, 0) is 43.7 Å². The molecule has 1 unspecified atom stereocenters. The number of aryl methyl sites for hydroxylation is 1. The lowest BCUT2D eigenvalue weighted by Gasteiger charge is -2.17. The molecule has 0 fully saturated rings. The molecule has 2 N–H and O–H groups in total. The molecule has 0 radical (unpaired) electrons. The van der Waals surface area contributed by atoms with Gasteiger partial charge >= 0.3 is 0 Å². The van der Waals surface area contributed by atoms with E-state index in [1.54, 1.807) is 13.0 Å². The number of hydrogen-bond acceptors (Lipinski definition) is 2. The Labute approximate surface area is 117 Å². The van der Waals surface area contributed by atoms with Gasteiger partial charge in [-0.3, -0.25) is 4.79 Å². The van der Waals surface area contributed by atoms with E-state index < -0.39 is 6.04 Å². The van der Waals surface area contributed by atoms with E-state index in [2.05, 4.69) is 10.6 Å². The highest BCUT2D eigenvalue weighted by Crippen LogP contribution is 2.17. The molecule has 20 heavy (non-hydrogen) atoms. The topological polar surface area (TPSA) is 41.1 Å². The Hall–Kier alpha value is -2.36. The third-order valence-corrected chi connectivity index (χ3v) is 3.01. The van der Waals surface area contributed by atoms with Crippen LogP contribution in [0, 0.1) is 12.7 Å². The Bertz CT molecular complexity index is 599. The molecule has 2 rings (SSSR count). The lowest BCUT2D eigenvalue weighted by Crippen LogP contribution is -2.32. The molecule has 1 amide bonds. The molecule has 2 aromatic rings. The van der Waals surface area contributed by atoms with Crippen molar-refractivity contribution < 1.29 is 9.18 Å². The second-order valence-corrected chi connectivity index (χ2v) is 4.68. The van der Waals surface area contributed by atoms with Gasteiger partial charge in [0.15, 0.2) is 0 Å². The number of hydrogen-bond donors (Lipinski definition) is 2. The van der Waals surface area contributed by atoms with E-state index >= 15 is 0 Å². The molecule has 2 aromatic carbocycles. The lowest BCUT2D eigenvalue weighted by atomic mass is 10.1. The molecule has 0 aliphatic heterocycles.